The van der Waals surface area contributed by atoms with E-state index in [0.717, 1.165) is 37.3 Å². The fourth-order valence-electron chi connectivity index (χ4n) is 2.91. The molecule has 0 bridgehead atoms. The van der Waals surface area contributed by atoms with Crippen molar-refractivity contribution >= 4 is 33.2 Å². The Morgan fingerprint density at radius 3 is 2.71 bits per heavy atom. The molecule has 3 rings (SSSR count). The third-order valence-electron chi connectivity index (χ3n) is 4.20. The van der Waals surface area contributed by atoms with Crippen LogP contribution in [0.25, 0.3) is 0 Å². The monoisotopic (exact) mass is 394 g/mol. The summed E-state index contributed by atoms with van der Waals surface area (Å²) >= 11 is 3.41. The number of carbonyl (C=O) groups is 1. The highest BCUT2D eigenvalue weighted by atomic mass is 79.9. The summed E-state index contributed by atoms with van der Waals surface area (Å²) in [5.74, 6) is -0.680. The van der Waals surface area contributed by atoms with E-state index in [9.17, 15) is 9.18 Å². The van der Waals surface area contributed by atoms with Crippen molar-refractivity contribution in [1.82, 2.24) is 10.2 Å². The zero-order valence-corrected chi connectivity index (χ0v) is 15.3. The van der Waals surface area contributed by atoms with Gasteiger partial charge in [0.2, 0.25) is 0 Å². The number of hydrogen-bond acceptors (Lipinski definition) is 3. The molecule has 0 aliphatic carbocycles. The van der Waals surface area contributed by atoms with E-state index in [4.69, 9.17) is 0 Å². The Hall–Kier alpha value is -1.89. The molecule has 0 saturated carbocycles. The van der Waals surface area contributed by atoms with E-state index >= 15 is 0 Å². The maximum atomic E-state index is 14.3. The molecule has 128 valence electrons. The molecule has 0 unspecified atom stereocenters. The minimum absolute atomic E-state index is 0.196. The Morgan fingerprint density at radius 2 is 2.08 bits per heavy atom. The first kappa shape index (κ1) is 17.0. The number of H-pyrrole nitrogens is 1. The molecule has 1 amide bonds. The lowest BCUT2D eigenvalue weighted by atomic mass is 10.1. The minimum Gasteiger partial charge on any atom is -0.370 e. The molecule has 2 N–H and O–H groups in total. The Kier molecular flexibility index (Phi) is 4.89. The lowest BCUT2D eigenvalue weighted by molar-refractivity contribution is 0.102. The zero-order chi connectivity index (χ0) is 17.3. The molecule has 7 heteroatoms. The van der Waals surface area contributed by atoms with Crippen LogP contribution in [0.1, 0.15) is 48.8 Å². The maximum absolute atomic E-state index is 14.3. The minimum atomic E-state index is -0.441. The number of aromatic nitrogens is 2. The van der Waals surface area contributed by atoms with Gasteiger partial charge in [0, 0.05) is 13.1 Å². The Balaban J connectivity index is 1.89. The van der Waals surface area contributed by atoms with Crippen molar-refractivity contribution in [1.29, 1.82) is 0 Å². The first-order chi connectivity index (χ1) is 11.5. The highest BCUT2D eigenvalue weighted by Gasteiger charge is 2.23. The standard InChI is InChI=1S/C17H20BrFN4O/c1-10(2)14-13(18)16(22-21-14)17(24)20-15-11(19)6-5-7-12(15)23-8-3-4-9-23/h5-7,10H,3-4,8-9H2,1-2H3,(H,20,24)(H,21,22). The largest absolute Gasteiger partial charge is 0.370 e. The van der Waals surface area contributed by atoms with Crippen LogP contribution >= 0.6 is 15.9 Å². The van der Waals surface area contributed by atoms with Gasteiger partial charge in [0.05, 0.1) is 15.9 Å². The predicted octanol–water partition coefficient (Wildman–Crippen LogP) is 4.29. The molecule has 0 spiro atoms. The third-order valence-corrected chi connectivity index (χ3v) is 5.00. The van der Waals surface area contributed by atoms with Crippen LogP contribution in [0.2, 0.25) is 0 Å². The quantitative estimate of drug-likeness (QED) is 0.812. The molecular formula is C17H20BrFN4O. The molecule has 1 fully saturated rings. The lowest BCUT2D eigenvalue weighted by Crippen LogP contribution is -2.22. The van der Waals surface area contributed by atoms with Crippen molar-refractivity contribution in [3.8, 4) is 0 Å². The number of hydrogen-bond donors (Lipinski definition) is 2. The Bertz CT molecular complexity index is 753. The fourth-order valence-corrected chi connectivity index (χ4v) is 3.72. The van der Waals surface area contributed by atoms with Crippen molar-refractivity contribution in [3.05, 3.63) is 39.9 Å². The van der Waals surface area contributed by atoms with Gasteiger partial charge in [-0.15, -0.1) is 0 Å². The number of halogens is 2. The number of anilines is 2. The van der Waals surface area contributed by atoms with Crippen LogP contribution < -0.4 is 10.2 Å². The molecule has 2 aromatic rings. The predicted molar refractivity (Wildman–Crippen MR) is 96.2 cm³/mol. The van der Waals surface area contributed by atoms with E-state index in [-0.39, 0.29) is 17.3 Å². The second-order valence-electron chi connectivity index (χ2n) is 6.24. The summed E-state index contributed by atoms with van der Waals surface area (Å²) in [4.78, 5) is 14.7. The van der Waals surface area contributed by atoms with Gasteiger partial charge in [0.15, 0.2) is 5.69 Å². The Labute approximate surface area is 148 Å². The van der Waals surface area contributed by atoms with Crippen molar-refractivity contribution < 1.29 is 9.18 Å². The molecule has 1 aromatic heterocycles. The van der Waals surface area contributed by atoms with E-state index in [0.29, 0.717) is 4.47 Å². The first-order valence-electron chi connectivity index (χ1n) is 8.07. The van der Waals surface area contributed by atoms with Crippen molar-refractivity contribution in [3.63, 3.8) is 0 Å². The van der Waals surface area contributed by atoms with E-state index in [1.807, 2.05) is 19.9 Å². The van der Waals surface area contributed by atoms with Crippen LogP contribution in [0.4, 0.5) is 15.8 Å². The SMILES string of the molecule is CC(C)c1[nH]nc(C(=O)Nc2c(F)cccc2N2CCCC2)c1Br. The second-order valence-corrected chi connectivity index (χ2v) is 7.03. The molecule has 0 atom stereocenters. The van der Waals surface area contributed by atoms with Gasteiger partial charge in [-0.05, 0) is 46.8 Å². The zero-order valence-electron chi connectivity index (χ0n) is 13.7. The molecule has 24 heavy (non-hydrogen) atoms. The molecule has 2 heterocycles. The van der Waals surface area contributed by atoms with Gasteiger partial charge in [0.1, 0.15) is 11.5 Å². The highest BCUT2D eigenvalue weighted by molar-refractivity contribution is 9.10. The van der Waals surface area contributed by atoms with Gasteiger partial charge >= 0.3 is 0 Å². The van der Waals surface area contributed by atoms with E-state index in [2.05, 4.69) is 36.3 Å². The van der Waals surface area contributed by atoms with Crippen LogP contribution in [-0.2, 0) is 0 Å². The van der Waals surface area contributed by atoms with Gasteiger partial charge in [0.25, 0.3) is 5.91 Å². The third kappa shape index (κ3) is 3.17. The number of amides is 1. The summed E-state index contributed by atoms with van der Waals surface area (Å²) in [5.41, 5.74) is 2.00. The summed E-state index contributed by atoms with van der Waals surface area (Å²) in [6, 6.07) is 4.86. The molecule has 1 aliphatic heterocycles. The normalized spacial score (nSPS) is 14.5. The van der Waals surface area contributed by atoms with Gasteiger partial charge in [-0.2, -0.15) is 5.10 Å². The van der Waals surface area contributed by atoms with Crippen molar-refractivity contribution in [2.24, 2.45) is 0 Å². The number of aromatic amines is 1. The number of nitrogens with zero attached hydrogens (tertiary/aromatic N) is 2. The smallest absolute Gasteiger partial charge is 0.277 e. The topological polar surface area (TPSA) is 61.0 Å². The number of rotatable bonds is 4. The summed E-state index contributed by atoms with van der Waals surface area (Å²) in [5, 5.41) is 9.63. The summed E-state index contributed by atoms with van der Waals surface area (Å²) in [6.45, 7) is 5.75. The number of carbonyl (C=O) groups excluding carboxylic acids is 1. The van der Waals surface area contributed by atoms with Gasteiger partial charge in [-0.25, -0.2) is 4.39 Å². The maximum Gasteiger partial charge on any atom is 0.277 e. The molecule has 0 radical (unpaired) electrons. The Morgan fingerprint density at radius 1 is 1.38 bits per heavy atom. The van der Waals surface area contributed by atoms with Gasteiger partial charge < -0.3 is 10.2 Å². The first-order valence-corrected chi connectivity index (χ1v) is 8.87. The lowest BCUT2D eigenvalue weighted by Gasteiger charge is -2.21. The van der Waals surface area contributed by atoms with Crippen LogP contribution in [0, 0.1) is 5.82 Å². The van der Waals surface area contributed by atoms with Crippen LogP contribution in [0.5, 0.6) is 0 Å². The summed E-state index contributed by atoms with van der Waals surface area (Å²) in [6.07, 6.45) is 2.15. The van der Waals surface area contributed by atoms with E-state index < -0.39 is 11.7 Å². The van der Waals surface area contributed by atoms with Crippen LogP contribution in [-0.4, -0.2) is 29.2 Å². The molecule has 5 nitrogen and oxygen atoms in total. The molecule has 1 aromatic carbocycles. The number of nitrogens with one attached hydrogen (secondary N) is 2. The number of benzene rings is 1. The van der Waals surface area contributed by atoms with Crippen molar-refractivity contribution in [2.75, 3.05) is 23.3 Å². The summed E-state index contributed by atoms with van der Waals surface area (Å²) in [7, 11) is 0. The van der Waals surface area contributed by atoms with Gasteiger partial charge in [-0.3, -0.25) is 9.89 Å². The van der Waals surface area contributed by atoms with Crippen LogP contribution in [0.15, 0.2) is 22.7 Å². The second kappa shape index (κ2) is 6.93. The molecule has 1 aliphatic rings. The van der Waals surface area contributed by atoms with Gasteiger partial charge in [-0.1, -0.05) is 19.9 Å². The van der Waals surface area contributed by atoms with Crippen LogP contribution in [0.3, 0.4) is 0 Å². The average molecular weight is 395 g/mol. The molecule has 1 saturated heterocycles. The highest BCUT2D eigenvalue weighted by Crippen LogP contribution is 2.32. The van der Waals surface area contributed by atoms with E-state index in [1.54, 1.807) is 6.07 Å². The summed E-state index contributed by atoms with van der Waals surface area (Å²) < 4.78 is 15.0. The van der Waals surface area contributed by atoms with Crippen molar-refractivity contribution in [2.45, 2.75) is 32.6 Å². The fraction of sp³-hybridized carbons (Fsp3) is 0.412. The van der Waals surface area contributed by atoms with E-state index in [1.165, 1.54) is 6.07 Å². The molecular weight excluding hydrogens is 375 g/mol. The average Bonchev–Trinajstić information content (AvgIpc) is 3.18. The number of para-hydroxylation sites is 1.